The van der Waals surface area contributed by atoms with Crippen LogP contribution in [0.1, 0.15) is 73.7 Å². The second kappa shape index (κ2) is 11.3. The molecule has 8 heteroatoms. The molecule has 168 valence electrons. The molecule has 0 aliphatic rings. The molecule has 0 aliphatic carbocycles. The molecule has 2 aromatic rings. The van der Waals surface area contributed by atoms with Crippen LogP contribution < -0.4 is 0 Å². The van der Waals surface area contributed by atoms with Crippen molar-refractivity contribution in [2.45, 2.75) is 59.1 Å². The van der Waals surface area contributed by atoms with Crippen LogP contribution in [0.2, 0.25) is 0 Å². The summed E-state index contributed by atoms with van der Waals surface area (Å²) < 4.78 is 45.0. The fourth-order valence-electron chi connectivity index (χ4n) is 3.20. The maximum atomic E-state index is 13.4. The van der Waals surface area contributed by atoms with Crippen LogP contribution >= 0.6 is 11.3 Å². The Bertz CT molecular complexity index is 861. The third-order valence-electron chi connectivity index (χ3n) is 4.84. The maximum Gasteiger partial charge on any atom is 0.417 e. The van der Waals surface area contributed by atoms with E-state index < -0.39 is 17.7 Å². The lowest BCUT2D eigenvalue weighted by molar-refractivity contribution is -0.136. The lowest BCUT2D eigenvalue weighted by Gasteiger charge is -2.16. The van der Waals surface area contributed by atoms with Crippen molar-refractivity contribution in [3.8, 4) is 0 Å². The molecule has 30 heavy (non-hydrogen) atoms. The van der Waals surface area contributed by atoms with Crippen molar-refractivity contribution in [2.75, 3.05) is 20.7 Å². The number of unbranched alkanes of at least 4 members (excludes halogenated alkanes) is 1. The molecule has 0 N–H and O–H groups in total. The molecule has 0 fully saturated rings. The summed E-state index contributed by atoms with van der Waals surface area (Å²) in [5, 5.41) is 0.452. The van der Waals surface area contributed by atoms with Crippen molar-refractivity contribution in [3.05, 3.63) is 34.2 Å². The van der Waals surface area contributed by atoms with Gasteiger partial charge < -0.3 is 9.64 Å². The van der Waals surface area contributed by atoms with E-state index in [1.165, 1.54) is 20.1 Å². The third kappa shape index (κ3) is 6.20. The fraction of sp³-hybridized carbons (Fsp3) is 0.545. The number of fused-ring (bicyclic) bond motifs is 1. The number of halogens is 3. The van der Waals surface area contributed by atoms with Gasteiger partial charge in [-0.05, 0) is 35.8 Å². The summed E-state index contributed by atoms with van der Waals surface area (Å²) in [6, 6.07) is 4.03. The zero-order valence-electron chi connectivity index (χ0n) is 18.4. The monoisotopic (exact) mass is 445 g/mol. The van der Waals surface area contributed by atoms with Gasteiger partial charge in [-0.25, -0.2) is 4.79 Å². The van der Waals surface area contributed by atoms with Gasteiger partial charge in [-0.2, -0.15) is 13.2 Å². The Kier molecular flexibility index (Phi) is 9.81. The lowest BCUT2D eigenvalue weighted by atomic mass is 9.92. The number of benzene rings is 1. The van der Waals surface area contributed by atoms with Crippen molar-refractivity contribution in [2.24, 2.45) is 0 Å². The van der Waals surface area contributed by atoms with Crippen LogP contribution in [0.4, 0.5) is 13.2 Å². The Hall–Kier alpha value is -2.09. The van der Waals surface area contributed by atoms with Crippen LogP contribution in [-0.2, 0) is 15.7 Å². The number of thiophene rings is 1. The van der Waals surface area contributed by atoms with Crippen LogP contribution in [0.5, 0.6) is 0 Å². The molecule has 1 amide bonds. The van der Waals surface area contributed by atoms with Gasteiger partial charge in [-0.1, -0.05) is 39.3 Å². The third-order valence-corrected chi connectivity index (χ3v) is 6.08. The summed E-state index contributed by atoms with van der Waals surface area (Å²) in [6.07, 6.45) is -2.23. The zero-order chi connectivity index (χ0) is 23.1. The van der Waals surface area contributed by atoms with Crippen molar-refractivity contribution < 1.29 is 27.5 Å². The summed E-state index contributed by atoms with van der Waals surface area (Å²) in [5.41, 5.74) is -0.125. The number of hydrogen-bond donors (Lipinski definition) is 0. The molecule has 1 heterocycles. The summed E-state index contributed by atoms with van der Waals surface area (Å²) >= 11 is 0.839. The summed E-state index contributed by atoms with van der Waals surface area (Å²) in [6.45, 7) is 8.03. The largest absolute Gasteiger partial charge is 0.465 e. The quantitative estimate of drug-likeness (QED) is 0.362. The molecular formula is C22H30F3NO3S. The number of rotatable bonds is 7. The van der Waals surface area contributed by atoms with Gasteiger partial charge in [0.05, 0.1) is 12.7 Å². The first-order valence-electron chi connectivity index (χ1n) is 10.0. The van der Waals surface area contributed by atoms with Crippen molar-refractivity contribution in [1.82, 2.24) is 4.90 Å². The standard InChI is InChI=1S/C20H24F3NO3S.C2H6/c1-12(8-5-6-11-24(3)13(2)25)16-14-9-7-10-15(20(21,22)23)17(14)28-18(16)19(26)27-4;1-2/h7,9-10,12H,5-6,8,11H2,1-4H3;1-2H3. The van der Waals surface area contributed by atoms with Gasteiger partial charge in [0.15, 0.2) is 0 Å². The first-order valence-corrected chi connectivity index (χ1v) is 10.8. The number of methoxy groups -OCH3 is 1. The van der Waals surface area contributed by atoms with E-state index in [0.717, 1.165) is 30.2 Å². The molecule has 4 nitrogen and oxygen atoms in total. The Labute approximate surface area is 180 Å². The summed E-state index contributed by atoms with van der Waals surface area (Å²) in [4.78, 5) is 25.3. The second-order valence-electron chi connectivity index (χ2n) is 6.85. The Morgan fingerprint density at radius 3 is 2.37 bits per heavy atom. The Morgan fingerprint density at radius 2 is 1.83 bits per heavy atom. The molecule has 1 atom stereocenters. The van der Waals surface area contributed by atoms with Gasteiger partial charge in [-0.3, -0.25) is 4.79 Å². The minimum Gasteiger partial charge on any atom is -0.465 e. The van der Waals surface area contributed by atoms with E-state index >= 15 is 0 Å². The van der Waals surface area contributed by atoms with Gasteiger partial charge in [0, 0.05) is 25.2 Å². The number of carbonyl (C=O) groups excluding carboxylic acids is 2. The highest BCUT2D eigenvalue weighted by molar-refractivity contribution is 7.21. The SMILES string of the molecule is CC.COC(=O)c1sc2c(C(F)(F)F)cccc2c1C(C)CCCCN(C)C(C)=O. The molecule has 1 aromatic heterocycles. The second-order valence-corrected chi connectivity index (χ2v) is 7.87. The Morgan fingerprint density at radius 1 is 1.20 bits per heavy atom. The number of nitrogens with zero attached hydrogens (tertiary/aromatic N) is 1. The van der Waals surface area contributed by atoms with Crippen LogP contribution in [0.15, 0.2) is 18.2 Å². The first kappa shape index (κ1) is 25.9. The van der Waals surface area contributed by atoms with E-state index in [-0.39, 0.29) is 21.4 Å². The van der Waals surface area contributed by atoms with E-state index in [9.17, 15) is 22.8 Å². The van der Waals surface area contributed by atoms with Crippen molar-refractivity contribution in [1.29, 1.82) is 0 Å². The molecular weight excluding hydrogens is 415 g/mol. The summed E-state index contributed by atoms with van der Waals surface area (Å²) in [7, 11) is 2.95. The number of esters is 1. The average molecular weight is 446 g/mol. The van der Waals surface area contributed by atoms with Crippen LogP contribution in [0.3, 0.4) is 0 Å². The number of amides is 1. The fourth-order valence-corrected chi connectivity index (χ4v) is 4.57. The number of ether oxygens (including phenoxy) is 1. The normalized spacial score (nSPS) is 12.2. The Balaban J connectivity index is 0.00000218. The number of alkyl halides is 3. The van der Waals surface area contributed by atoms with Gasteiger partial charge in [0.25, 0.3) is 0 Å². The minimum atomic E-state index is -4.49. The van der Waals surface area contributed by atoms with E-state index in [4.69, 9.17) is 4.74 Å². The molecule has 1 unspecified atom stereocenters. The van der Waals surface area contributed by atoms with Gasteiger partial charge >= 0.3 is 12.1 Å². The topological polar surface area (TPSA) is 46.6 Å². The van der Waals surface area contributed by atoms with E-state index in [0.29, 0.717) is 23.9 Å². The molecule has 1 aromatic carbocycles. The molecule has 0 saturated heterocycles. The predicted molar refractivity (Wildman–Crippen MR) is 115 cm³/mol. The molecule has 0 aliphatic heterocycles. The average Bonchev–Trinajstić information content (AvgIpc) is 3.10. The molecule has 2 rings (SSSR count). The zero-order valence-corrected chi connectivity index (χ0v) is 19.2. The minimum absolute atomic E-state index is 0.00969. The van der Waals surface area contributed by atoms with Crippen molar-refractivity contribution in [3.63, 3.8) is 0 Å². The van der Waals surface area contributed by atoms with Gasteiger partial charge in [0.1, 0.15) is 4.88 Å². The van der Waals surface area contributed by atoms with Crippen LogP contribution in [0.25, 0.3) is 10.1 Å². The smallest absolute Gasteiger partial charge is 0.417 e. The highest BCUT2D eigenvalue weighted by Gasteiger charge is 2.35. The van der Waals surface area contributed by atoms with E-state index in [1.54, 1.807) is 18.0 Å². The number of carbonyl (C=O) groups is 2. The lowest BCUT2D eigenvalue weighted by Crippen LogP contribution is -2.24. The highest BCUT2D eigenvalue weighted by Crippen LogP contribution is 2.44. The van der Waals surface area contributed by atoms with Crippen LogP contribution in [0, 0.1) is 0 Å². The van der Waals surface area contributed by atoms with E-state index in [1.807, 2.05) is 20.8 Å². The number of hydrogen-bond acceptors (Lipinski definition) is 4. The summed E-state index contributed by atoms with van der Waals surface area (Å²) in [5.74, 6) is -0.744. The maximum absolute atomic E-state index is 13.4. The van der Waals surface area contributed by atoms with E-state index in [2.05, 4.69) is 0 Å². The van der Waals surface area contributed by atoms with Gasteiger partial charge in [-0.15, -0.1) is 11.3 Å². The molecule has 0 saturated carbocycles. The predicted octanol–water partition coefficient (Wildman–Crippen LogP) is 6.49. The first-order chi connectivity index (χ1) is 14.1. The molecule has 0 bridgehead atoms. The highest BCUT2D eigenvalue weighted by atomic mass is 32.1. The van der Waals surface area contributed by atoms with Gasteiger partial charge in [0.2, 0.25) is 5.91 Å². The van der Waals surface area contributed by atoms with Crippen LogP contribution in [-0.4, -0.2) is 37.5 Å². The van der Waals surface area contributed by atoms with Crippen molar-refractivity contribution >= 4 is 33.3 Å². The molecule has 0 spiro atoms. The molecule has 0 radical (unpaired) electrons.